The molecule has 0 aromatic heterocycles. The monoisotopic (exact) mass is 282 g/mol. The third-order valence-corrected chi connectivity index (χ3v) is 2.78. The number of carbonyl (C=O) groups excluding carboxylic acids is 1. The number of rotatable bonds is 1. The fourth-order valence-corrected chi connectivity index (χ4v) is 1.72. The first kappa shape index (κ1) is 16.9. The summed E-state index contributed by atoms with van der Waals surface area (Å²) in [6, 6.07) is 8.15. The third kappa shape index (κ3) is 6.19. The summed E-state index contributed by atoms with van der Waals surface area (Å²) in [5.41, 5.74) is 1.52. The predicted octanol–water partition coefficient (Wildman–Crippen LogP) is 3.68. The number of benzene rings is 1. The zero-order valence-corrected chi connectivity index (χ0v) is 13.6. The van der Waals surface area contributed by atoms with E-state index in [1.807, 2.05) is 12.1 Å². The van der Waals surface area contributed by atoms with Crippen molar-refractivity contribution in [3.05, 3.63) is 35.4 Å². The van der Waals surface area contributed by atoms with E-state index in [1.165, 1.54) is 12.5 Å². The van der Waals surface area contributed by atoms with Crippen molar-refractivity contribution in [2.45, 2.75) is 52.6 Å². The van der Waals surface area contributed by atoms with Crippen molar-refractivity contribution in [3.8, 4) is 23.7 Å². The minimum Gasteiger partial charge on any atom is -0.447 e. The van der Waals surface area contributed by atoms with Gasteiger partial charge in [0, 0.05) is 12.5 Å². The Hall–Kier alpha value is -2.19. The Morgan fingerprint density at radius 1 is 1.00 bits per heavy atom. The minimum atomic E-state index is -0.809. The lowest BCUT2D eigenvalue weighted by molar-refractivity contribution is -0.148. The lowest BCUT2D eigenvalue weighted by atomic mass is 9.87. The van der Waals surface area contributed by atoms with Crippen LogP contribution >= 0.6 is 0 Å². The van der Waals surface area contributed by atoms with E-state index in [2.05, 4.69) is 56.6 Å². The first-order valence-electron chi connectivity index (χ1n) is 6.93. The van der Waals surface area contributed by atoms with Gasteiger partial charge in [-0.15, -0.1) is 0 Å². The van der Waals surface area contributed by atoms with Crippen LogP contribution in [0.1, 0.15) is 52.7 Å². The second-order valence-electron chi connectivity index (χ2n) is 6.43. The summed E-state index contributed by atoms with van der Waals surface area (Å²) in [4.78, 5) is 10.9. The quantitative estimate of drug-likeness (QED) is 0.580. The molecule has 2 nitrogen and oxygen atoms in total. The summed E-state index contributed by atoms with van der Waals surface area (Å²) >= 11 is 0. The second-order valence-corrected chi connectivity index (χ2v) is 6.43. The van der Waals surface area contributed by atoms with Crippen LogP contribution in [0.4, 0.5) is 0 Å². The molecule has 0 amide bonds. The van der Waals surface area contributed by atoms with Gasteiger partial charge in [-0.05, 0) is 54.7 Å². The lowest BCUT2D eigenvalue weighted by Crippen LogP contribution is -2.24. The van der Waals surface area contributed by atoms with Crippen molar-refractivity contribution in [3.63, 3.8) is 0 Å². The van der Waals surface area contributed by atoms with Crippen molar-refractivity contribution in [2.24, 2.45) is 0 Å². The Morgan fingerprint density at radius 2 is 1.57 bits per heavy atom. The highest BCUT2D eigenvalue weighted by Crippen LogP contribution is 2.21. The van der Waals surface area contributed by atoms with E-state index >= 15 is 0 Å². The average molecular weight is 282 g/mol. The molecule has 0 unspecified atom stereocenters. The smallest absolute Gasteiger partial charge is 0.304 e. The number of ether oxygens (including phenoxy) is 1. The van der Waals surface area contributed by atoms with Gasteiger partial charge < -0.3 is 4.74 Å². The maximum Gasteiger partial charge on any atom is 0.304 e. The molecule has 0 radical (unpaired) electrons. The van der Waals surface area contributed by atoms with Gasteiger partial charge in [0.15, 0.2) is 5.60 Å². The molecule has 1 aromatic rings. The molecule has 0 aliphatic carbocycles. The van der Waals surface area contributed by atoms with Gasteiger partial charge in [0.1, 0.15) is 0 Å². The van der Waals surface area contributed by atoms with E-state index in [1.54, 1.807) is 13.8 Å². The summed E-state index contributed by atoms with van der Waals surface area (Å²) in [7, 11) is 0. The third-order valence-electron chi connectivity index (χ3n) is 2.78. The molecular weight excluding hydrogens is 260 g/mol. The van der Waals surface area contributed by atoms with Crippen LogP contribution in [-0.4, -0.2) is 11.6 Å². The topological polar surface area (TPSA) is 26.3 Å². The van der Waals surface area contributed by atoms with Crippen LogP contribution in [0.25, 0.3) is 0 Å². The predicted molar refractivity (Wildman–Crippen MR) is 85.6 cm³/mol. The van der Waals surface area contributed by atoms with E-state index in [9.17, 15) is 4.79 Å². The Kier molecular flexibility index (Phi) is 5.23. The molecule has 1 aromatic carbocycles. The average Bonchev–Trinajstić information content (AvgIpc) is 2.32. The van der Waals surface area contributed by atoms with Crippen molar-refractivity contribution < 1.29 is 9.53 Å². The Morgan fingerprint density at radius 3 is 2.05 bits per heavy atom. The summed E-state index contributed by atoms with van der Waals surface area (Å²) in [6.07, 6.45) is 0. The van der Waals surface area contributed by atoms with Crippen molar-refractivity contribution in [1.29, 1.82) is 0 Å². The van der Waals surface area contributed by atoms with Gasteiger partial charge in [-0.1, -0.05) is 38.8 Å². The minimum absolute atomic E-state index is 0.139. The van der Waals surface area contributed by atoms with E-state index in [0.717, 1.165) is 5.56 Å². The van der Waals surface area contributed by atoms with Gasteiger partial charge >= 0.3 is 5.97 Å². The maximum atomic E-state index is 10.9. The number of hydrogen-bond acceptors (Lipinski definition) is 2. The molecule has 0 aliphatic rings. The Balaban J connectivity index is 2.79. The largest absolute Gasteiger partial charge is 0.447 e. The van der Waals surface area contributed by atoms with Gasteiger partial charge in [-0.2, -0.15) is 0 Å². The van der Waals surface area contributed by atoms with Crippen LogP contribution in [-0.2, 0) is 14.9 Å². The molecule has 0 atom stereocenters. The Labute approximate surface area is 127 Å². The molecule has 0 bridgehead atoms. The van der Waals surface area contributed by atoms with E-state index in [0.29, 0.717) is 0 Å². The van der Waals surface area contributed by atoms with Gasteiger partial charge in [0.25, 0.3) is 0 Å². The molecule has 0 aliphatic heterocycles. The second kappa shape index (κ2) is 6.51. The molecule has 0 N–H and O–H groups in total. The molecular formula is C19H22O2. The highest BCUT2D eigenvalue weighted by atomic mass is 16.6. The number of hydrogen-bond donors (Lipinski definition) is 0. The van der Waals surface area contributed by atoms with Crippen LogP contribution in [0.3, 0.4) is 0 Å². The van der Waals surface area contributed by atoms with Crippen LogP contribution in [0.15, 0.2) is 24.3 Å². The van der Waals surface area contributed by atoms with Crippen LogP contribution < -0.4 is 0 Å². The zero-order valence-electron chi connectivity index (χ0n) is 13.6. The van der Waals surface area contributed by atoms with Gasteiger partial charge in [0.2, 0.25) is 0 Å². The van der Waals surface area contributed by atoms with Crippen LogP contribution in [0.5, 0.6) is 0 Å². The standard InChI is InChI=1S/C19H22O2/c1-15(20)21-19(5,6)14-8-7-9-16-10-12-17(13-11-16)18(2,3)4/h10-13H,1-6H3. The zero-order chi connectivity index (χ0) is 16.1. The Bertz CT molecular complexity index is 621. The summed E-state index contributed by atoms with van der Waals surface area (Å²) < 4.78 is 5.06. The summed E-state index contributed by atoms with van der Waals surface area (Å²) in [5.74, 6) is 11.0. The maximum absolute atomic E-state index is 10.9. The lowest BCUT2D eigenvalue weighted by Gasteiger charge is -2.18. The highest BCUT2D eigenvalue weighted by Gasteiger charge is 2.16. The molecule has 0 fully saturated rings. The fraction of sp³-hybridized carbons (Fsp3) is 0.421. The normalized spacial score (nSPS) is 10.8. The summed E-state index contributed by atoms with van der Waals surface area (Å²) in [5, 5.41) is 0. The first-order chi connectivity index (χ1) is 9.60. The molecule has 0 saturated heterocycles. The molecule has 1 rings (SSSR count). The van der Waals surface area contributed by atoms with Crippen molar-refractivity contribution in [2.75, 3.05) is 0 Å². The number of esters is 1. The molecule has 2 heteroatoms. The highest BCUT2D eigenvalue weighted by molar-refractivity contribution is 5.67. The molecule has 0 spiro atoms. The summed E-state index contributed by atoms with van der Waals surface area (Å²) in [6.45, 7) is 11.4. The van der Waals surface area contributed by atoms with E-state index < -0.39 is 5.60 Å². The van der Waals surface area contributed by atoms with Gasteiger partial charge in [0.05, 0.1) is 0 Å². The molecule has 21 heavy (non-hydrogen) atoms. The first-order valence-corrected chi connectivity index (χ1v) is 6.93. The molecule has 0 saturated carbocycles. The van der Waals surface area contributed by atoms with E-state index in [4.69, 9.17) is 4.74 Å². The van der Waals surface area contributed by atoms with E-state index in [-0.39, 0.29) is 11.4 Å². The number of carbonyl (C=O) groups is 1. The van der Waals surface area contributed by atoms with Crippen molar-refractivity contribution >= 4 is 5.97 Å². The molecule has 0 heterocycles. The SMILES string of the molecule is CC(=O)OC(C)(C)C#CC#Cc1ccc(C(C)(C)C)cc1. The van der Waals surface area contributed by atoms with Gasteiger partial charge in [-0.25, -0.2) is 0 Å². The molecule has 110 valence electrons. The fourth-order valence-electron chi connectivity index (χ4n) is 1.72. The van der Waals surface area contributed by atoms with Gasteiger partial charge in [-0.3, -0.25) is 4.79 Å². The van der Waals surface area contributed by atoms with Crippen LogP contribution in [0, 0.1) is 23.7 Å². The van der Waals surface area contributed by atoms with Crippen molar-refractivity contribution in [1.82, 2.24) is 0 Å². The van der Waals surface area contributed by atoms with Crippen LogP contribution in [0.2, 0.25) is 0 Å².